The minimum atomic E-state index is -0.300. The maximum atomic E-state index is 12.9. The van der Waals surface area contributed by atoms with Crippen LogP contribution >= 0.6 is 23.4 Å². The third kappa shape index (κ3) is 5.68. The summed E-state index contributed by atoms with van der Waals surface area (Å²) in [6.45, 7) is 1.04. The van der Waals surface area contributed by atoms with Gasteiger partial charge in [-0.3, -0.25) is 9.59 Å². The molecule has 0 spiro atoms. The molecule has 1 unspecified atom stereocenters. The molecule has 2 amide bonds. The first-order chi connectivity index (χ1) is 13.0. The number of carbonyl (C=O) groups excluding carboxylic acids is 2. The van der Waals surface area contributed by atoms with Gasteiger partial charge in [0.1, 0.15) is 11.6 Å². The van der Waals surface area contributed by atoms with Gasteiger partial charge in [-0.1, -0.05) is 11.6 Å². The van der Waals surface area contributed by atoms with Crippen LogP contribution in [0.1, 0.15) is 12.8 Å². The Balaban J connectivity index is 1.51. The molecular formula is C19H19ClFN3O2S. The fourth-order valence-corrected chi connectivity index (χ4v) is 3.78. The minimum Gasteiger partial charge on any atom is -0.341 e. The van der Waals surface area contributed by atoms with E-state index in [1.807, 2.05) is 0 Å². The van der Waals surface area contributed by atoms with Gasteiger partial charge >= 0.3 is 0 Å². The minimum absolute atomic E-state index is 0.0218. The van der Waals surface area contributed by atoms with Gasteiger partial charge in [-0.05, 0) is 49.2 Å². The molecule has 5 nitrogen and oxygen atoms in total. The van der Waals surface area contributed by atoms with E-state index in [0.717, 1.165) is 17.7 Å². The van der Waals surface area contributed by atoms with Crippen molar-refractivity contribution in [2.45, 2.75) is 17.7 Å². The van der Waals surface area contributed by atoms with E-state index in [4.69, 9.17) is 11.6 Å². The summed E-state index contributed by atoms with van der Waals surface area (Å²) in [4.78, 5) is 31.6. The molecule has 2 heterocycles. The average Bonchev–Trinajstić information content (AvgIpc) is 2.69. The van der Waals surface area contributed by atoms with Crippen LogP contribution in [0.4, 0.5) is 10.2 Å². The first-order valence-corrected chi connectivity index (χ1v) is 9.96. The van der Waals surface area contributed by atoms with Crippen LogP contribution < -0.4 is 5.32 Å². The van der Waals surface area contributed by atoms with Crippen LogP contribution in [0.2, 0.25) is 5.02 Å². The van der Waals surface area contributed by atoms with Crippen molar-refractivity contribution in [3.05, 3.63) is 53.4 Å². The Bertz CT molecular complexity index is 802. The normalized spacial score (nSPS) is 16.8. The van der Waals surface area contributed by atoms with Crippen molar-refractivity contribution >= 4 is 41.0 Å². The van der Waals surface area contributed by atoms with Crippen LogP contribution in [0.15, 0.2) is 47.5 Å². The topological polar surface area (TPSA) is 62.3 Å². The van der Waals surface area contributed by atoms with Gasteiger partial charge in [0.25, 0.3) is 0 Å². The standard InChI is InChI=1S/C19H19ClFN3O2S/c20-14-3-8-17(22-10-14)23-19(26)13-2-1-9-24(11-13)18(25)12-27-16-6-4-15(21)5-7-16/h3-8,10,13H,1-2,9,11-12H2,(H,22,23,26). The number of thioether (sulfide) groups is 1. The average molecular weight is 408 g/mol. The number of amides is 2. The molecule has 8 heteroatoms. The van der Waals surface area contributed by atoms with E-state index in [9.17, 15) is 14.0 Å². The molecule has 0 bridgehead atoms. The maximum Gasteiger partial charge on any atom is 0.232 e. The fraction of sp³-hybridized carbons (Fsp3) is 0.316. The number of carbonyl (C=O) groups is 2. The molecule has 2 aromatic rings. The molecule has 0 saturated carbocycles. The third-order valence-corrected chi connectivity index (χ3v) is 5.52. The summed E-state index contributed by atoms with van der Waals surface area (Å²) >= 11 is 7.16. The zero-order valence-corrected chi connectivity index (χ0v) is 16.1. The van der Waals surface area contributed by atoms with Crippen LogP contribution in [0.3, 0.4) is 0 Å². The molecule has 1 saturated heterocycles. The number of rotatable bonds is 5. The number of anilines is 1. The van der Waals surface area contributed by atoms with Gasteiger partial charge in [0.2, 0.25) is 11.8 Å². The summed E-state index contributed by atoms with van der Waals surface area (Å²) in [6.07, 6.45) is 2.98. The van der Waals surface area contributed by atoms with Crippen molar-refractivity contribution in [2.24, 2.45) is 5.92 Å². The summed E-state index contributed by atoms with van der Waals surface area (Å²) in [5.41, 5.74) is 0. The second-order valence-electron chi connectivity index (χ2n) is 6.27. The highest BCUT2D eigenvalue weighted by atomic mass is 35.5. The van der Waals surface area contributed by atoms with E-state index in [0.29, 0.717) is 23.9 Å². The molecule has 1 aliphatic rings. The van der Waals surface area contributed by atoms with Crippen molar-refractivity contribution in [1.82, 2.24) is 9.88 Å². The van der Waals surface area contributed by atoms with Crippen molar-refractivity contribution in [3.63, 3.8) is 0 Å². The Morgan fingerprint density at radius 2 is 2.04 bits per heavy atom. The second-order valence-corrected chi connectivity index (χ2v) is 7.76. The lowest BCUT2D eigenvalue weighted by Gasteiger charge is -2.32. The lowest BCUT2D eigenvalue weighted by Crippen LogP contribution is -2.44. The number of nitrogens with zero attached hydrogens (tertiary/aromatic N) is 2. The molecule has 1 fully saturated rings. The van der Waals surface area contributed by atoms with Gasteiger partial charge < -0.3 is 10.2 Å². The van der Waals surface area contributed by atoms with E-state index in [1.54, 1.807) is 29.2 Å². The number of hydrogen-bond acceptors (Lipinski definition) is 4. The van der Waals surface area contributed by atoms with E-state index in [2.05, 4.69) is 10.3 Å². The molecule has 27 heavy (non-hydrogen) atoms. The van der Waals surface area contributed by atoms with E-state index < -0.39 is 0 Å². The largest absolute Gasteiger partial charge is 0.341 e. The van der Waals surface area contributed by atoms with E-state index in [-0.39, 0.29) is 29.3 Å². The molecule has 1 aromatic heterocycles. The highest BCUT2D eigenvalue weighted by molar-refractivity contribution is 8.00. The van der Waals surface area contributed by atoms with Crippen LogP contribution in [0, 0.1) is 11.7 Å². The number of aromatic nitrogens is 1. The summed E-state index contributed by atoms with van der Waals surface area (Å²) in [5.74, 6) is -0.0278. The number of pyridine rings is 1. The number of piperidine rings is 1. The van der Waals surface area contributed by atoms with E-state index in [1.165, 1.54) is 30.1 Å². The Morgan fingerprint density at radius 3 is 2.74 bits per heavy atom. The quantitative estimate of drug-likeness (QED) is 0.765. The summed E-state index contributed by atoms with van der Waals surface area (Å²) in [7, 11) is 0. The van der Waals surface area contributed by atoms with Crippen molar-refractivity contribution < 1.29 is 14.0 Å². The molecule has 3 rings (SSSR count). The van der Waals surface area contributed by atoms with Gasteiger partial charge in [-0.25, -0.2) is 9.37 Å². The third-order valence-electron chi connectivity index (χ3n) is 4.30. The fourth-order valence-electron chi connectivity index (χ4n) is 2.86. The number of benzene rings is 1. The number of hydrogen-bond donors (Lipinski definition) is 1. The predicted molar refractivity (Wildman–Crippen MR) is 104 cm³/mol. The van der Waals surface area contributed by atoms with Crippen molar-refractivity contribution in [1.29, 1.82) is 0 Å². The zero-order chi connectivity index (χ0) is 19.2. The maximum absolute atomic E-state index is 12.9. The molecular weight excluding hydrogens is 389 g/mol. The van der Waals surface area contributed by atoms with Crippen LogP contribution in [-0.2, 0) is 9.59 Å². The Morgan fingerprint density at radius 1 is 1.26 bits per heavy atom. The SMILES string of the molecule is O=C(Nc1ccc(Cl)cn1)C1CCCN(C(=O)CSc2ccc(F)cc2)C1. The van der Waals surface area contributed by atoms with Gasteiger partial charge in [0, 0.05) is 24.2 Å². The molecule has 1 aromatic carbocycles. The predicted octanol–water partition coefficient (Wildman–Crippen LogP) is 3.84. The molecule has 142 valence electrons. The summed E-state index contributed by atoms with van der Waals surface area (Å²) in [5, 5.41) is 3.28. The number of nitrogens with one attached hydrogen (secondary N) is 1. The van der Waals surface area contributed by atoms with Crippen molar-refractivity contribution in [3.8, 4) is 0 Å². The van der Waals surface area contributed by atoms with Crippen molar-refractivity contribution in [2.75, 3.05) is 24.2 Å². The molecule has 1 atom stereocenters. The van der Waals surface area contributed by atoms with Crippen LogP contribution in [0.25, 0.3) is 0 Å². The Kier molecular flexibility index (Phi) is 6.68. The summed E-state index contributed by atoms with van der Waals surface area (Å²) in [6, 6.07) is 9.36. The number of halogens is 2. The summed E-state index contributed by atoms with van der Waals surface area (Å²) < 4.78 is 12.9. The molecule has 1 N–H and O–H groups in total. The first-order valence-electron chi connectivity index (χ1n) is 8.60. The smallest absolute Gasteiger partial charge is 0.232 e. The molecule has 0 radical (unpaired) electrons. The van der Waals surface area contributed by atoms with Gasteiger partial charge in [-0.15, -0.1) is 11.8 Å². The van der Waals surface area contributed by atoms with Crippen LogP contribution in [0.5, 0.6) is 0 Å². The Hall–Kier alpha value is -2.12. The van der Waals surface area contributed by atoms with Gasteiger partial charge in [0.05, 0.1) is 16.7 Å². The zero-order valence-electron chi connectivity index (χ0n) is 14.5. The van der Waals surface area contributed by atoms with Gasteiger partial charge in [-0.2, -0.15) is 0 Å². The first kappa shape index (κ1) is 19.6. The highest BCUT2D eigenvalue weighted by Gasteiger charge is 2.28. The lowest BCUT2D eigenvalue weighted by molar-refractivity contribution is -0.132. The highest BCUT2D eigenvalue weighted by Crippen LogP contribution is 2.22. The molecule has 0 aliphatic carbocycles. The Labute approximate surface area is 166 Å². The monoisotopic (exact) mass is 407 g/mol. The van der Waals surface area contributed by atoms with Crippen LogP contribution in [-0.4, -0.2) is 40.5 Å². The van der Waals surface area contributed by atoms with E-state index >= 15 is 0 Å². The second kappa shape index (κ2) is 9.19. The van der Waals surface area contributed by atoms with Gasteiger partial charge in [0.15, 0.2) is 0 Å². The molecule has 1 aliphatic heterocycles. The lowest BCUT2D eigenvalue weighted by atomic mass is 9.97. The number of likely N-dealkylation sites (tertiary alicyclic amines) is 1.